The number of aromatic amines is 1. The van der Waals surface area contributed by atoms with Crippen molar-refractivity contribution in [3.63, 3.8) is 0 Å². The van der Waals surface area contributed by atoms with Crippen LogP contribution in [0.25, 0.3) is 5.69 Å². The van der Waals surface area contributed by atoms with E-state index in [1.165, 1.54) is 12.4 Å². The molecule has 24 heavy (non-hydrogen) atoms. The molecule has 1 N–H and O–H groups in total. The maximum atomic E-state index is 12.9. The van der Waals surface area contributed by atoms with Gasteiger partial charge in [-0.25, -0.2) is 0 Å². The minimum atomic E-state index is -4.54. The van der Waals surface area contributed by atoms with E-state index in [2.05, 4.69) is 10.2 Å². The summed E-state index contributed by atoms with van der Waals surface area (Å²) in [6.07, 6.45) is -3.02. The fourth-order valence-electron chi connectivity index (χ4n) is 2.03. The highest BCUT2D eigenvalue weighted by atomic mass is 35.5. The summed E-state index contributed by atoms with van der Waals surface area (Å²) in [6.45, 7) is 0. The molecule has 0 spiro atoms. The number of nitrogens with zero attached hydrogens (tertiary/aromatic N) is 2. The lowest BCUT2D eigenvalue weighted by Gasteiger charge is -2.12. The normalized spacial score (nSPS) is 11.5. The fourth-order valence-corrected chi connectivity index (χ4v) is 2.46. The number of hydrogen-bond acceptors (Lipinski definition) is 3. The van der Waals surface area contributed by atoms with Crippen molar-refractivity contribution in [3.8, 4) is 17.2 Å². The predicted molar refractivity (Wildman–Crippen MR) is 85.3 cm³/mol. The summed E-state index contributed by atoms with van der Waals surface area (Å²) in [5.41, 5.74) is -0.198. The van der Waals surface area contributed by atoms with Crippen LogP contribution in [0.15, 0.2) is 48.8 Å². The number of hydrogen-bond donors (Lipinski definition) is 1. The molecule has 0 aliphatic heterocycles. The van der Waals surface area contributed by atoms with Crippen LogP contribution in [0.5, 0.6) is 11.5 Å². The monoisotopic (exact) mass is 371 g/mol. The first-order valence-electron chi connectivity index (χ1n) is 6.61. The molecule has 124 valence electrons. The predicted octanol–water partition coefficient (Wildman–Crippen LogP) is 5.39. The topological polar surface area (TPSA) is 42.8 Å². The molecule has 4 nitrogen and oxygen atoms in total. The van der Waals surface area contributed by atoms with E-state index in [-0.39, 0.29) is 10.8 Å². The van der Waals surface area contributed by atoms with Gasteiger partial charge in [0.25, 0.3) is 0 Å². The molecule has 0 fully saturated rings. The highest BCUT2D eigenvalue weighted by molar-refractivity contribution is 7.71. The average Bonchev–Trinajstić information content (AvgIpc) is 2.95. The van der Waals surface area contributed by atoms with Crippen molar-refractivity contribution in [2.24, 2.45) is 0 Å². The Labute approximate surface area is 144 Å². The summed E-state index contributed by atoms with van der Waals surface area (Å²) in [6, 6.07) is 10.0. The Bertz CT molecular complexity index is 919. The van der Waals surface area contributed by atoms with E-state index in [1.807, 2.05) is 0 Å². The zero-order chi connectivity index (χ0) is 17.3. The van der Waals surface area contributed by atoms with E-state index in [9.17, 15) is 13.2 Å². The van der Waals surface area contributed by atoms with Crippen molar-refractivity contribution < 1.29 is 17.9 Å². The quantitative estimate of drug-likeness (QED) is 0.627. The number of halogens is 4. The molecule has 0 bridgehead atoms. The van der Waals surface area contributed by atoms with Gasteiger partial charge in [0.05, 0.1) is 10.6 Å². The van der Waals surface area contributed by atoms with Gasteiger partial charge in [-0.05, 0) is 54.7 Å². The Kier molecular flexibility index (Phi) is 4.33. The molecule has 3 aromatic rings. The van der Waals surface area contributed by atoms with Crippen molar-refractivity contribution in [2.45, 2.75) is 6.18 Å². The van der Waals surface area contributed by atoms with Gasteiger partial charge in [0, 0.05) is 5.69 Å². The Hall–Kier alpha value is -2.32. The van der Waals surface area contributed by atoms with Gasteiger partial charge in [0.2, 0.25) is 0 Å². The van der Waals surface area contributed by atoms with Crippen LogP contribution in [0.1, 0.15) is 5.56 Å². The van der Waals surface area contributed by atoms with Crippen LogP contribution in [0.4, 0.5) is 13.2 Å². The Balaban J connectivity index is 1.85. The van der Waals surface area contributed by atoms with Gasteiger partial charge in [0.15, 0.2) is 4.77 Å². The van der Waals surface area contributed by atoms with E-state index in [0.717, 1.165) is 17.8 Å². The van der Waals surface area contributed by atoms with Crippen molar-refractivity contribution in [3.05, 3.63) is 64.1 Å². The van der Waals surface area contributed by atoms with Crippen molar-refractivity contribution in [1.29, 1.82) is 0 Å². The molecule has 0 aliphatic rings. The molecular formula is C15H9ClF3N3OS. The summed E-state index contributed by atoms with van der Waals surface area (Å²) >= 11 is 10.6. The second-order valence-corrected chi connectivity index (χ2v) is 5.56. The summed E-state index contributed by atoms with van der Waals surface area (Å²) in [5.74, 6) is 0.420. The van der Waals surface area contributed by atoms with Gasteiger partial charge in [-0.15, -0.1) is 0 Å². The van der Waals surface area contributed by atoms with E-state index >= 15 is 0 Å². The molecule has 2 aromatic carbocycles. The number of alkyl halides is 3. The van der Waals surface area contributed by atoms with E-state index in [0.29, 0.717) is 10.5 Å². The number of aromatic nitrogens is 3. The zero-order valence-electron chi connectivity index (χ0n) is 11.8. The van der Waals surface area contributed by atoms with Crippen LogP contribution in [-0.2, 0) is 6.18 Å². The summed E-state index contributed by atoms with van der Waals surface area (Å²) < 4.78 is 46.1. The summed E-state index contributed by atoms with van der Waals surface area (Å²) in [4.78, 5) is 0. The van der Waals surface area contributed by atoms with Crippen LogP contribution in [0.3, 0.4) is 0 Å². The van der Waals surface area contributed by atoms with Crippen molar-refractivity contribution >= 4 is 23.8 Å². The lowest BCUT2D eigenvalue weighted by Crippen LogP contribution is -2.05. The maximum absolute atomic E-state index is 12.9. The molecule has 0 amide bonds. The van der Waals surface area contributed by atoms with Crippen LogP contribution in [-0.4, -0.2) is 14.8 Å². The third kappa shape index (κ3) is 3.44. The van der Waals surface area contributed by atoms with Crippen molar-refractivity contribution in [1.82, 2.24) is 14.8 Å². The Morgan fingerprint density at radius 1 is 1.08 bits per heavy atom. The second-order valence-electron chi connectivity index (χ2n) is 4.77. The molecule has 1 heterocycles. The van der Waals surface area contributed by atoms with E-state index < -0.39 is 11.7 Å². The number of nitrogens with one attached hydrogen (secondary N) is 1. The van der Waals surface area contributed by atoms with Gasteiger partial charge in [-0.3, -0.25) is 9.67 Å². The lowest BCUT2D eigenvalue weighted by molar-refractivity contribution is -0.137. The number of benzene rings is 2. The minimum absolute atomic E-state index is 0.0411. The largest absolute Gasteiger partial charge is 0.457 e. The summed E-state index contributed by atoms with van der Waals surface area (Å²) in [5, 5.41) is 6.06. The molecule has 0 unspecified atom stereocenters. The molecule has 0 aliphatic carbocycles. The molecule has 0 atom stereocenters. The average molecular weight is 372 g/mol. The third-order valence-electron chi connectivity index (χ3n) is 3.15. The molecule has 0 saturated carbocycles. The number of ether oxygens (including phenoxy) is 1. The van der Waals surface area contributed by atoms with Crippen LogP contribution >= 0.6 is 23.8 Å². The van der Waals surface area contributed by atoms with Gasteiger partial charge >= 0.3 is 6.18 Å². The van der Waals surface area contributed by atoms with Crippen LogP contribution < -0.4 is 4.74 Å². The summed E-state index contributed by atoms with van der Waals surface area (Å²) in [7, 11) is 0. The van der Waals surface area contributed by atoms with Gasteiger partial charge in [0.1, 0.15) is 17.8 Å². The first kappa shape index (κ1) is 16.5. The van der Waals surface area contributed by atoms with E-state index in [1.54, 1.807) is 28.8 Å². The van der Waals surface area contributed by atoms with Gasteiger partial charge in [-0.1, -0.05) is 11.6 Å². The SMILES string of the molecule is FC(F)(F)c1cc(Oc2ccc(-n3cn[nH]c3=S)cc2)ccc1Cl. The number of H-pyrrole nitrogens is 1. The first-order valence-corrected chi connectivity index (χ1v) is 7.40. The lowest BCUT2D eigenvalue weighted by atomic mass is 10.2. The molecule has 0 radical (unpaired) electrons. The minimum Gasteiger partial charge on any atom is -0.457 e. The Morgan fingerprint density at radius 2 is 1.75 bits per heavy atom. The van der Waals surface area contributed by atoms with Gasteiger partial charge < -0.3 is 4.74 Å². The molecule has 9 heteroatoms. The van der Waals surface area contributed by atoms with Crippen LogP contribution in [0, 0.1) is 4.77 Å². The zero-order valence-corrected chi connectivity index (χ0v) is 13.4. The second kappa shape index (κ2) is 6.29. The Morgan fingerprint density at radius 3 is 2.33 bits per heavy atom. The smallest absolute Gasteiger partial charge is 0.417 e. The molecular weight excluding hydrogens is 363 g/mol. The molecule has 1 aromatic heterocycles. The van der Waals surface area contributed by atoms with E-state index in [4.69, 9.17) is 28.6 Å². The maximum Gasteiger partial charge on any atom is 0.417 e. The fraction of sp³-hybridized carbons (Fsp3) is 0.0667. The molecule has 0 saturated heterocycles. The van der Waals surface area contributed by atoms with Gasteiger partial charge in [-0.2, -0.15) is 18.3 Å². The number of rotatable bonds is 3. The highest BCUT2D eigenvalue weighted by Gasteiger charge is 2.33. The third-order valence-corrected chi connectivity index (χ3v) is 3.76. The van der Waals surface area contributed by atoms with Crippen LogP contribution in [0.2, 0.25) is 5.02 Å². The molecule has 3 rings (SSSR count). The standard InChI is InChI=1S/C15H9ClF3N3OS/c16-13-6-5-11(7-12(13)15(17,18)19)23-10-3-1-9(2-4-10)22-8-20-21-14(22)24/h1-8H,(H,21,24). The van der Waals surface area contributed by atoms with Crippen molar-refractivity contribution in [2.75, 3.05) is 0 Å². The highest BCUT2D eigenvalue weighted by Crippen LogP contribution is 2.37. The first-order chi connectivity index (χ1) is 11.3.